The number of esters is 1. The maximum atomic E-state index is 12.0. The van der Waals surface area contributed by atoms with Crippen molar-refractivity contribution in [3.8, 4) is 0 Å². The highest BCUT2D eigenvalue weighted by molar-refractivity contribution is 6.31. The number of halogens is 1. The van der Waals surface area contributed by atoms with E-state index in [1.807, 2.05) is 23.1 Å². The van der Waals surface area contributed by atoms with Crippen LogP contribution < -0.4 is 0 Å². The quantitative estimate of drug-likeness (QED) is 0.797. The van der Waals surface area contributed by atoms with Crippen molar-refractivity contribution in [2.75, 3.05) is 26.7 Å². The highest BCUT2D eigenvalue weighted by atomic mass is 35.5. The Bertz CT molecular complexity index is 542. The van der Waals surface area contributed by atoms with Gasteiger partial charge in [0.15, 0.2) is 5.78 Å². The van der Waals surface area contributed by atoms with Crippen molar-refractivity contribution in [2.45, 2.75) is 5.92 Å². The van der Waals surface area contributed by atoms with Gasteiger partial charge in [0, 0.05) is 18.1 Å². The van der Waals surface area contributed by atoms with E-state index in [9.17, 15) is 9.59 Å². The van der Waals surface area contributed by atoms with E-state index >= 15 is 0 Å². The van der Waals surface area contributed by atoms with Crippen molar-refractivity contribution < 1.29 is 14.3 Å². The van der Waals surface area contributed by atoms with Crippen LogP contribution in [0.25, 0.3) is 0 Å². The van der Waals surface area contributed by atoms with Gasteiger partial charge >= 0.3 is 5.97 Å². The van der Waals surface area contributed by atoms with Crippen LogP contribution in [0.3, 0.4) is 0 Å². The van der Waals surface area contributed by atoms with Crippen LogP contribution in [0, 0.1) is 0 Å². The molecular weight excluding hydrogens is 278 g/mol. The van der Waals surface area contributed by atoms with E-state index in [0.29, 0.717) is 24.7 Å². The van der Waals surface area contributed by atoms with Gasteiger partial charge in [0.2, 0.25) is 0 Å². The van der Waals surface area contributed by atoms with Crippen LogP contribution in [0.2, 0.25) is 5.02 Å². The second-order valence-electron chi connectivity index (χ2n) is 4.66. The van der Waals surface area contributed by atoms with Crippen molar-refractivity contribution in [3.05, 3.63) is 47.0 Å². The lowest BCUT2D eigenvalue weighted by atomic mass is 9.98. The molecule has 0 amide bonds. The third-order valence-electron chi connectivity index (χ3n) is 3.25. The van der Waals surface area contributed by atoms with E-state index in [2.05, 4.69) is 0 Å². The Hall–Kier alpha value is -1.65. The maximum Gasteiger partial charge on any atom is 0.314 e. The zero-order valence-corrected chi connectivity index (χ0v) is 12.0. The van der Waals surface area contributed by atoms with Gasteiger partial charge in [0.25, 0.3) is 0 Å². The summed E-state index contributed by atoms with van der Waals surface area (Å²) >= 11 is 6.16. The molecule has 1 aromatic carbocycles. The summed E-state index contributed by atoms with van der Waals surface area (Å²) in [6, 6.07) is 7.20. The van der Waals surface area contributed by atoms with E-state index < -0.39 is 5.92 Å². The van der Waals surface area contributed by atoms with Crippen molar-refractivity contribution in [3.63, 3.8) is 0 Å². The fraction of sp³-hybridized carbons (Fsp3) is 0.333. The zero-order chi connectivity index (χ0) is 14.5. The van der Waals surface area contributed by atoms with Crippen LogP contribution >= 0.6 is 11.6 Å². The average molecular weight is 294 g/mol. The molecule has 4 nitrogen and oxygen atoms in total. The smallest absolute Gasteiger partial charge is 0.314 e. The fourth-order valence-electron chi connectivity index (χ4n) is 2.27. The number of ether oxygens (including phenoxy) is 1. The van der Waals surface area contributed by atoms with Gasteiger partial charge in [0.05, 0.1) is 19.6 Å². The van der Waals surface area contributed by atoms with Crippen molar-refractivity contribution >= 4 is 23.4 Å². The molecule has 0 N–H and O–H groups in total. The lowest BCUT2D eigenvalue weighted by molar-refractivity contribution is -0.143. The van der Waals surface area contributed by atoms with E-state index in [4.69, 9.17) is 16.3 Å². The molecule has 1 unspecified atom stereocenters. The number of hydrogen-bond donors (Lipinski definition) is 0. The first kappa shape index (κ1) is 14.8. The number of benzene rings is 1. The van der Waals surface area contributed by atoms with Gasteiger partial charge in [-0.3, -0.25) is 14.5 Å². The Morgan fingerprint density at radius 2 is 2.20 bits per heavy atom. The molecule has 106 valence electrons. The number of hydrogen-bond acceptors (Lipinski definition) is 4. The molecule has 1 aliphatic rings. The normalized spacial score (nSPS) is 17.0. The van der Waals surface area contributed by atoms with Gasteiger partial charge in [-0.15, -0.1) is 0 Å². The third-order valence-corrected chi connectivity index (χ3v) is 3.60. The first-order valence-electron chi connectivity index (χ1n) is 6.36. The molecule has 0 saturated heterocycles. The molecule has 1 atom stereocenters. The summed E-state index contributed by atoms with van der Waals surface area (Å²) in [5.74, 6) is -0.799. The van der Waals surface area contributed by atoms with Gasteiger partial charge in [-0.25, -0.2) is 0 Å². The van der Waals surface area contributed by atoms with Crippen LogP contribution in [-0.2, 0) is 14.3 Å². The number of nitrogens with zero attached hydrogens (tertiary/aromatic N) is 1. The van der Waals surface area contributed by atoms with Crippen LogP contribution in [0.5, 0.6) is 0 Å². The summed E-state index contributed by atoms with van der Waals surface area (Å²) in [5, 5.41) is 0.529. The Balaban J connectivity index is 2.21. The standard InChI is InChI=1S/C15H16ClNO3/c1-20-15(19)13(12-6-2-3-7-14(12)16)10-17-8-4-5-11(18)9-17/h2-7,13H,8-10H2,1H3. The molecule has 0 aliphatic carbocycles. The van der Waals surface area contributed by atoms with Crippen LogP contribution in [0.1, 0.15) is 11.5 Å². The zero-order valence-electron chi connectivity index (χ0n) is 11.2. The largest absolute Gasteiger partial charge is 0.469 e. The van der Waals surface area contributed by atoms with Gasteiger partial charge in [-0.1, -0.05) is 35.9 Å². The second kappa shape index (κ2) is 6.68. The Morgan fingerprint density at radius 3 is 2.85 bits per heavy atom. The van der Waals surface area contributed by atoms with E-state index in [0.717, 1.165) is 5.56 Å². The van der Waals surface area contributed by atoms with Gasteiger partial charge in [0.1, 0.15) is 0 Å². The molecule has 5 heteroatoms. The van der Waals surface area contributed by atoms with Gasteiger partial charge in [-0.2, -0.15) is 0 Å². The number of rotatable bonds is 4. The van der Waals surface area contributed by atoms with Crippen molar-refractivity contribution in [1.82, 2.24) is 4.90 Å². The molecule has 1 aliphatic heterocycles. The average Bonchev–Trinajstić information content (AvgIpc) is 2.45. The Labute approximate surface area is 123 Å². The van der Waals surface area contributed by atoms with Gasteiger partial charge < -0.3 is 4.74 Å². The SMILES string of the molecule is COC(=O)C(CN1CC=CC(=O)C1)c1ccccc1Cl. The van der Waals surface area contributed by atoms with Crippen molar-refractivity contribution in [1.29, 1.82) is 0 Å². The first-order valence-corrected chi connectivity index (χ1v) is 6.73. The molecule has 0 spiro atoms. The van der Waals surface area contributed by atoms with Crippen LogP contribution in [0.4, 0.5) is 0 Å². The van der Waals surface area contributed by atoms with Gasteiger partial charge in [-0.05, 0) is 17.7 Å². The highest BCUT2D eigenvalue weighted by Crippen LogP contribution is 2.26. The number of carbonyl (C=O) groups is 2. The Kier molecular flexibility index (Phi) is 4.93. The minimum Gasteiger partial charge on any atom is -0.469 e. The summed E-state index contributed by atoms with van der Waals surface area (Å²) in [7, 11) is 1.35. The molecular formula is C15H16ClNO3. The molecule has 2 rings (SSSR count). The molecule has 0 bridgehead atoms. The minimum absolute atomic E-state index is 0.0408. The molecule has 0 fully saturated rings. The second-order valence-corrected chi connectivity index (χ2v) is 5.07. The van der Waals surface area contributed by atoms with Crippen LogP contribution in [0.15, 0.2) is 36.4 Å². The predicted octanol–water partition coefficient (Wildman–Crippen LogP) is 2.04. The summed E-state index contributed by atoms with van der Waals surface area (Å²) < 4.78 is 4.86. The van der Waals surface area contributed by atoms with Crippen LogP contribution in [-0.4, -0.2) is 43.4 Å². The molecule has 20 heavy (non-hydrogen) atoms. The molecule has 0 radical (unpaired) electrons. The monoisotopic (exact) mass is 293 g/mol. The first-order chi connectivity index (χ1) is 9.61. The third kappa shape index (κ3) is 3.46. The molecule has 0 saturated carbocycles. The van der Waals surface area contributed by atoms with E-state index in [1.54, 1.807) is 18.2 Å². The number of ketones is 1. The molecule has 0 aromatic heterocycles. The lowest BCUT2D eigenvalue weighted by Crippen LogP contribution is -2.38. The maximum absolute atomic E-state index is 12.0. The highest BCUT2D eigenvalue weighted by Gasteiger charge is 2.27. The molecule has 1 heterocycles. The summed E-state index contributed by atoms with van der Waals surface area (Å²) in [6.45, 7) is 1.37. The summed E-state index contributed by atoms with van der Waals surface area (Å²) in [5.41, 5.74) is 0.725. The van der Waals surface area contributed by atoms with E-state index in [1.165, 1.54) is 7.11 Å². The van der Waals surface area contributed by atoms with E-state index in [-0.39, 0.29) is 11.8 Å². The fourth-order valence-corrected chi connectivity index (χ4v) is 2.54. The number of methoxy groups -OCH3 is 1. The topological polar surface area (TPSA) is 46.6 Å². The predicted molar refractivity (Wildman–Crippen MR) is 76.8 cm³/mol. The minimum atomic E-state index is -0.493. The Morgan fingerprint density at radius 1 is 1.45 bits per heavy atom. The number of carbonyl (C=O) groups excluding carboxylic acids is 2. The van der Waals surface area contributed by atoms with Crippen molar-refractivity contribution in [2.24, 2.45) is 0 Å². The lowest BCUT2D eigenvalue weighted by Gasteiger charge is -2.26. The summed E-state index contributed by atoms with van der Waals surface area (Å²) in [6.07, 6.45) is 3.37. The molecule has 1 aromatic rings. The summed E-state index contributed by atoms with van der Waals surface area (Å²) in [4.78, 5) is 25.3.